The van der Waals surface area contributed by atoms with Crippen molar-refractivity contribution in [2.75, 3.05) is 17.7 Å². The molecule has 3 unspecified atom stereocenters. The van der Waals surface area contributed by atoms with E-state index in [1.807, 2.05) is 6.92 Å². The summed E-state index contributed by atoms with van der Waals surface area (Å²) < 4.78 is 5.28. The number of anilines is 2. The molecule has 1 aromatic heterocycles. The molecule has 0 bridgehead atoms. The van der Waals surface area contributed by atoms with Gasteiger partial charge in [0.1, 0.15) is 0 Å². The molecule has 1 heterocycles. The summed E-state index contributed by atoms with van der Waals surface area (Å²) in [6, 6.07) is 0.691. The molecule has 1 saturated carbocycles. The van der Waals surface area contributed by atoms with E-state index < -0.39 is 0 Å². The van der Waals surface area contributed by atoms with E-state index in [9.17, 15) is 0 Å². The molecule has 1 aliphatic carbocycles. The molecule has 1 aromatic rings. The topological polar surface area (TPSA) is 86.0 Å². The van der Waals surface area contributed by atoms with Gasteiger partial charge in [-0.1, -0.05) is 20.3 Å². The molecule has 3 N–H and O–H groups in total. The fourth-order valence-corrected chi connectivity index (χ4v) is 2.82. The van der Waals surface area contributed by atoms with Crippen LogP contribution in [-0.4, -0.2) is 27.6 Å². The first-order chi connectivity index (χ1) is 9.13. The zero-order valence-corrected chi connectivity index (χ0v) is 11.9. The molecule has 19 heavy (non-hydrogen) atoms. The summed E-state index contributed by atoms with van der Waals surface area (Å²) in [5.74, 6) is 2.12. The highest BCUT2D eigenvalue weighted by atomic mass is 16.5. The van der Waals surface area contributed by atoms with E-state index in [2.05, 4.69) is 34.1 Å². The minimum atomic E-state index is 0.193. The number of ether oxygens (including phenoxy) is 1. The Hall–Kier alpha value is -1.59. The maximum absolute atomic E-state index is 5.67. The van der Waals surface area contributed by atoms with Gasteiger partial charge in [0, 0.05) is 6.04 Å². The van der Waals surface area contributed by atoms with Crippen LogP contribution in [0, 0.1) is 11.8 Å². The lowest BCUT2D eigenvalue weighted by molar-refractivity contribution is 0.312. The van der Waals surface area contributed by atoms with Crippen LogP contribution in [0.15, 0.2) is 0 Å². The third-order valence-electron chi connectivity index (χ3n) is 3.97. The standard InChI is InChI=1S/C13H23N5O/c1-4-9-6-7-10(8(9)3)15-12-16-11(14)17-13(18-12)19-5-2/h8-10H,4-7H2,1-3H3,(H3,14,15,16,17,18). The summed E-state index contributed by atoms with van der Waals surface area (Å²) in [4.78, 5) is 12.3. The van der Waals surface area contributed by atoms with Gasteiger partial charge in [-0.05, 0) is 31.6 Å². The number of nitrogens with two attached hydrogens (primary N) is 1. The largest absolute Gasteiger partial charge is 0.464 e. The van der Waals surface area contributed by atoms with Gasteiger partial charge in [-0.3, -0.25) is 0 Å². The van der Waals surface area contributed by atoms with Gasteiger partial charge < -0.3 is 15.8 Å². The first-order valence-corrected chi connectivity index (χ1v) is 7.04. The van der Waals surface area contributed by atoms with Crippen LogP contribution in [0.2, 0.25) is 0 Å². The van der Waals surface area contributed by atoms with Crippen molar-refractivity contribution in [1.82, 2.24) is 15.0 Å². The van der Waals surface area contributed by atoms with Crippen molar-refractivity contribution in [2.24, 2.45) is 11.8 Å². The van der Waals surface area contributed by atoms with E-state index >= 15 is 0 Å². The van der Waals surface area contributed by atoms with Crippen molar-refractivity contribution in [3.8, 4) is 6.01 Å². The molecule has 1 fully saturated rings. The fourth-order valence-electron chi connectivity index (χ4n) is 2.82. The maximum atomic E-state index is 5.67. The normalized spacial score (nSPS) is 26.4. The summed E-state index contributed by atoms with van der Waals surface area (Å²) in [5.41, 5.74) is 5.67. The van der Waals surface area contributed by atoms with Crippen LogP contribution < -0.4 is 15.8 Å². The molecule has 0 spiro atoms. The molecule has 0 aromatic carbocycles. The zero-order valence-electron chi connectivity index (χ0n) is 11.9. The van der Waals surface area contributed by atoms with Gasteiger partial charge in [-0.15, -0.1) is 0 Å². The lowest BCUT2D eigenvalue weighted by atomic mass is 9.94. The lowest BCUT2D eigenvalue weighted by Crippen LogP contribution is -2.26. The average molecular weight is 265 g/mol. The predicted molar refractivity (Wildman–Crippen MR) is 75.0 cm³/mol. The second-order valence-corrected chi connectivity index (χ2v) is 5.09. The summed E-state index contributed by atoms with van der Waals surface area (Å²) in [6.45, 7) is 6.93. The highest BCUT2D eigenvalue weighted by Gasteiger charge is 2.32. The molecule has 6 heteroatoms. The Kier molecular flexibility index (Phi) is 4.39. The smallest absolute Gasteiger partial charge is 0.323 e. The van der Waals surface area contributed by atoms with E-state index in [1.54, 1.807) is 0 Å². The van der Waals surface area contributed by atoms with Gasteiger partial charge in [0.15, 0.2) is 0 Å². The number of nitrogens with one attached hydrogen (secondary N) is 1. The Bertz CT molecular complexity index is 425. The number of nitrogens with zero attached hydrogens (tertiary/aromatic N) is 3. The molecule has 0 amide bonds. The number of hydrogen-bond acceptors (Lipinski definition) is 6. The quantitative estimate of drug-likeness (QED) is 0.847. The second kappa shape index (κ2) is 6.04. The van der Waals surface area contributed by atoms with Gasteiger partial charge in [0.25, 0.3) is 0 Å². The van der Waals surface area contributed by atoms with Crippen molar-refractivity contribution in [2.45, 2.75) is 46.1 Å². The second-order valence-electron chi connectivity index (χ2n) is 5.09. The van der Waals surface area contributed by atoms with Crippen LogP contribution in [0.1, 0.15) is 40.0 Å². The minimum absolute atomic E-state index is 0.193. The first kappa shape index (κ1) is 13.8. The Morgan fingerprint density at radius 1 is 1.26 bits per heavy atom. The van der Waals surface area contributed by atoms with Crippen LogP contribution in [0.4, 0.5) is 11.9 Å². The van der Waals surface area contributed by atoms with Gasteiger partial charge >= 0.3 is 6.01 Å². The van der Waals surface area contributed by atoms with Gasteiger partial charge in [0.2, 0.25) is 11.9 Å². The van der Waals surface area contributed by atoms with Crippen molar-refractivity contribution in [1.29, 1.82) is 0 Å². The summed E-state index contributed by atoms with van der Waals surface area (Å²) in [5, 5.41) is 3.37. The van der Waals surface area contributed by atoms with E-state index in [4.69, 9.17) is 10.5 Å². The average Bonchev–Trinajstić information content (AvgIpc) is 2.70. The molecule has 0 aliphatic heterocycles. The molecule has 2 rings (SSSR count). The molecule has 0 radical (unpaired) electrons. The minimum Gasteiger partial charge on any atom is -0.464 e. The highest BCUT2D eigenvalue weighted by molar-refractivity contribution is 5.34. The van der Waals surface area contributed by atoms with Gasteiger partial charge in [-0.2, -0.15) is 15.0 Å². The molecular formula is C13H23N5O. The fraction of sp³-hybridized carbons (Fsp3) is 0.769. The van der Waals surface area contributed by atoms with Crippen LogP contribution in [0.25, 0.3) is 0 Å². The molecule has 0 saturated heterocycles. The molecule has 6 nitrogen and oxygen atoms in total. The lowest BCUT2D eigenvalue weighted by Gasteiger charge is -2.21. The number of aromatic nitrogens is 3. The van der Waals surface area contributed by atoms with Crippen molar-refractivity contribution in [3.05, 3.63) is 0 Å². The summed E-state index contributed by atoms with van der Waals surface area (Å²) in [7, 11) is 0. The summed E-state index contributed by atoms with van der Waals surface area (Å²) >= 11 is 0. The Balaban J connectivity index is 2.06. The molecule has 3 atom stereocenters. The van der Waals surface area contributed by atoms with E-state index in [1.165, 1.54) is 12.8 Å². The van der Waals surface area contributed by atoms with Crippen LogP contribution in [0.3, 0.4) is 0 Å². The van der Waals surface area contributed by atoms with Crippen molar-refractivity contribution < 1.29 is 4.74 Å². The van der Waals surface area contributed by atoms with Crippen LogP contribution in [0.5, 0.6) is 6.01 Å². The van der Waals surface area contributed by atoms with E-state index in [0.717, 1.165) is 12.3 Å². The van der Waals surface area contributed by atoms with E-state index in [0.29, 0.717) is 24.5 Å². The molecule has 1 aliphatic rings. The Morgan fingerprint density at radius 3 is 2.68 bits per heavy atom. The molecule has 106 valence electrons. The van der Waals surface area contributed by atoms with Gasteiger partial charge in [-0.25, -0.2) is 0 Å². The predicted octanol–water partition coefficient (Wildman–Crippen LogP) is 2.09. The van der Waals surface area contributed by atoms with Gasteiger partial charge in [0.05, 0.1) is 6.61 Å². The maximum Gasteiger partial charge on any atom is 0.323 e. The van der Waals surface area contributed by atoms with Crippen molar-refractivity contribution >= 4 is 11.9 Å². The van der Waals surface area contributed by atoms with Crippen LogP contribution >= 0.6 is 0 Å². The van der Waals surface area contributed by atoms with Crippen molar-refractivity contribution in [3.63, 3.8) is 0 Å². The first-order valence-electron chi connectivity index (χ1n) is 7.04. The van der Waals surface area contributed by atoms with E-state index in [-0.39, 0.29) is 12.0 Å². The third-order valence-corrected chi connectivity index (χ3v) is 3.97. The summed E-state index contributed by atoms with van der Waals surface area (Å²) in [6.07, 6.45) is 3.63. The van der Waals surface area contributed by atoms with Crippen LogP contribution in [-0.2, 0) is 0 Å². The number of nitrogen functional groups attached to an aromatic ring is 1. The SMILES string of the molecule is CCOc1nc(N)nc(NC2CCC(CC)C2C)n1. The highest BCUT2D eigenvalue weighted by Crippen LogP contribution is 2.35. The Labute approximate surface area is 114 Å². The Morgan fingerprint density at radius 2 is 2.05 bits per heavy atom. The zero-order chi connectivity index (χ0) is 13.8. The number of rotatable bonds is 5. The monoisotopic (exact) mass is 265 g/mol. The molecular weight excluding hydrogens is 242 g/mol. The number of hydrogen-bond donors (Lipinski definition) is 2. The third kappa shape index (κ3) is 3.24.